The second-order valence-electron chi connectivity index (χ2n) is 3.59. The van der Waals surface area contributed by atoms with Gasteiger partial charge in [0.25, 0.3) is 0 Å². The zero-order chi connectivity index (χ0) is 10.1. The molecule has 13 heavy (non-hydrogen) atoms. The highest BCUT2D eigenvalue weighted by Gasteiger charge is 2.16. The van der Waals surface area contributed by atoms with Crippen LogP contribution in [0.1, 0.15) is 19.4 Å². The molecule has 0 bridgehead atoms. The summed E-state index contributed by atoms with van der Waals surface area (Å²) in [5.74, 6) is 0. The fourth-order valence-electron chi connectivity index (χ4n) is 1.05. The van der Waals surface area contributed by atoms with E-state index in [0.717, 1.165) is 10.0 Å². The van der Waals surface area contributed by atoms with Gasteiger partial charge in [-0.3, -0.25) is 0 Å². The van der Waals surface area contributed by atoms with Crippen molar-refractivity contribution in [2.45, 2.75) is 25.9 Å². The number of hydrogen-bond acceptors (Lipinski definition) is 2. The van der Waals surface area contributed by atoms with Crippen LogP contribution < -0.4 is 0 Å². The lowest BCUT2D eigenvalue weighted by Crippen LogP contribution is -2.22. The van der Waals surface area contributed by atoms with Gasteiger partial charge in [0.2, 0.25) is 0 Å². The summed E-state index contributed by atoms with van der Waals surface area (Å²) < 4.78 is 0.871. The van der Waals surface area contributed by atoms with Gasteiger partial charge in [-0.25, -0.2) is 4.98 Å². The molecule has 1 heterocycles. The van der Waals surface area contributed by atoms with Crippen LogP contribution in [0.3, 0.4) is 0 Å². The van der Waals surface area contributed by atoms with Crippen LogP contribution in [0.5, 0.6) is 0 Å². The van der Waals surface area contributed by atoms with Crippen LogP contribution in [0.2, 0.25) is 5.15 Å². The molecule has 0 saturated carbocycles. The SMILES string of the molecule is CC(C)(O)Cc1cc(Br)cnc1Cl. The van der Waals surface area contributed by atoms with Crippen LogP contribution in [0.25, 0.3) is 0 Å². The van der Waals surface area contributed by atoms with Crippen molar-refractivity contribution in [1.82, 2.24) is 4.98 Å². The highest BCUT2D eigenvalue weighted by Crippen LogP contribution is 2.22. The number of halogens is 2. The van der Waals surface area contributed by atoms with Crippen molar-refractivity contribution in [2.24, 2.45) is 0 Å². The molecule has 0 aliphatic carbocycles. The van der Waals surface area contributed by atoms with Crippen LogP contribution >= 0.6 is 27.5 Å². The number of nitrogens with zero attached hydrogens (tertiary/aromatic N) is 1. The molecule has 0 unspecified atom stereocenters. The van der Waals surface area contributed by atoms with Gasteiger partial charge < -0.3 is 5.11 Å². The Balaban J connectivity index is 2.94. The molecule has 0 radical (unpaired) electrons. The van der Waals surface area contributed by atoms with Crippen molar-refractivity contribution < 1.29 is 5.11 Å². The van der Waals surface area contributed by atoms with E-state index in [2.05, 4.69) is 20.9 Å². The average Bonchev–Trinajstić information content (AvgIpc) is 1.94. The first-order valence-electron chi connectivity index (χ1n) is 3.91. The standard InChI is InChI=1S/C9H11BrClNO/c1-9(2,13)4-6-3-7(10)5-12-8(6)11/h3,5,13H,4H2,1-2H3. The number of pyridine rings is 1. The summed E-state index contributed by atoms with van der Waals surface area (Å²) in [4.78, 5) is 3.97. The lowest BCUT2D eigenvalue weighted by Gasteiger charge is -2.17. The second-order valence-corrected chi connectivity index (χ2v) is 4.87. The molecule has 0 atom stereocenters. The summed E-state index contributed by atoms with van der Waals surface area (Å²) in [7, 11) is 0. The normalized spacial score (nSPS) is 11.8. The Labute approximate surface area is 91.1 Å². The third-order valence-corrected chi connectivity index (χ3v) is 2.28. The molecule has 0 saturated heterocycles. The number of hydrogen-bond donors (Lipinski definition) is 1. The Kier molecular flexibility index (Phi) is 3.33. The van der Waals surface area contributed by atoms with E-state index in [0.29, 0.717) is 11.6 Å². The van der Waals surface area contributed by atoms with Crippen LogP contribution in [0.4, 0.5) is 0 Å². The fourth-order valence-corrected chi connectivity index (χ4v) is 1.60. The number of aromatic nitrogens is 1. The summed E-state index contributed by atoms with van der Waals surface area (Å²) in [5.41, 5.74) is 0.0927. The summed E-state index contributed by atoms with van der Waals surface area (Å²) in [6.45, 7) is 3.48. The van der Waals surface area contributed by atoms with Crippen molar-refractivity contribution in [1.29, 1.82) is 0 Å². The molecule has 1 aromatic rings. The molecule has 0 aliphatic rings. The monoisotopic (exact) mass is 263 g/mol. The zero-order valence-electron chi connectivity index (χ0n) is 7.51. The molecule has 72 valence electrons. The number of aliphatic hydroxyl groups is 1. The first-order valence-corrected chi connectivity index (χ1v) is 5.08. The highest BCUT2D eigenvalue weighted by atomic mass is 79.9. The Bertz CT molecular complexity index is 309. The van der Waals surface area contributed by atoms with Crippen LogP contribution in [-0.4, -0.2) is 15.7 Å². The minimum atomic E-state index is -0.758. The maximum Gasteiger partial charge on any atom is 0.132 e. The smallest absolute Gasteiger partial charge is 0.132 e. The summed E-state index contributed by atoms with van der Waals surface area (Å²) >= 11 is 9.16. The molecular formula is C9H11BrClNO. The minimum absolute atomic E-state index is 0.449. The lowest BCUT2D eigenvalue weighted by molar-refractivity contribution is 0.0809. The first kappa shape index (κ1) is 11.0. The molecule has 0 fully saturated rings. The quantitative estimate of drug-likeness (QED) is 0.833. The van der Waals surface area contributed by atoms with Crippen molar-refractivity contribution in [2.75, 3.05) is 0 Å². The Morgan fingerprint density at radius 2 is 2.23 bits per heavy atom. The van der Waals surface area contributed by atoms with E-state index in [4.69, 9.17) is 11.6 Å². The maximum atomic E-state index is 9.58. The fraction of sp³-hybridized carbons (Fsp3) is 0.444. The van der Waals surface area contributed by atoms with E-state index in [1.165, 1.54) is 0 Å². The molecule has 0 aromatic carbocycles. The van der Waals surface area contributed by atoms with Crippen LogP contribution in [-0.2, 0) is 6.42 Å². The van der Waals surface area contributed by atoms with Gasteiger partial charge in [-0.15, -0.1) is 0 Å². The van der Waals surface area contributed by atoms with E-state index in [9.17, 15) is 5.11 Å². The lowest BCUT2D eigenvalue weighted by atomic mass is 10.0. The van der Waals surface area contributed by atoms with Crippen LogP contribution in [0, 0.1) is 0 Å². The molecule has 1 N–H and O–H groups in total. The van der Waals surface area contributed by atoms with Crippen molar-refractivity contribution in [3.05, 3.63) is 27.5 Å². The van der Waals surface area contributed by atoms with Gasteiger partial charge in [0.05, 0.1) is 5.60 Å². The first-order chi connectivity index (χ1) is 5.88. The molecule has 1 rings (SSSR count). The van der Waals surface area contributed by atoms with Crippen molar-refractivity contribution in [3.8, 4) is 0 Å². The molecule has 2 nitrogen and oxygen atoms in total. The number of rotatable bonds is 2. The van der Waals surface area contributed by atoms with Crippen molar-refractivity contribution in [3.63, 3.8) is 0 Å². The van der Waals surface area contributed by atoms with Crippen molar-refractivity contribution >= 4 is 27.5 Å². The van der Waals surface area contributed by atoms with E-state index in [-0.39, 0.29) is 0 Å². The average molecular weight is 265 g/mol. The molecule has 4 heteroatoms. The van der Waals surface area contributed by atoms with Gasteiger partial charge in [-0.2, -0.15) is 0 Å². The second kappa shape index (κ2) is 3.95. The van der Waals surface area contributed by atoms with E-state index < -0.39 is 5.60 Å². The Morgan fingerprint density at radius 3 is 2.77 bits per heavy atom. The van der Waals surface area contributed by atoms with E-state index in [1.807, 2.05) is 6.07 Å². The molecule has 0 amide bonds. The Hall–Kier alpha value is -0.120. The predicted molar refractivity (Wildman–Crippen MR) is 56.9 cm³/mol. The highest BCUT2D eigenvalue weighted by molar-refractivity contribution is 9.10. The van der Waals surface area contributed by atoms with E-state index in [1.54, 1.807) is 20.0 Å². The topological polar surface area (TPSA) is 33.1 Å². The van der Waals surface area contributed by atoms with E-state index >= 15 is 0 Å². The zero-order valence-corrected chi connectivity index (χ0v) is 9.85. The summed E-state index contributed by atoms with van der Waals surface area (Å²) in [6.07, 6.45) is 2.13. The van der Waals surface area contributed by atoms with Gasteiger partial charge in [0, 0.05) is 17.1 Å². The largest absolute Gasteiger partial charge is 0.390 e. The van der Waals surface area contributed by atoms with Gasteiger partial charge in [0.1, 0.15) is 5.15 Å². The van der Waals surface area contributed by atoms with Gasteiger partial charge in [-0.1, -0.05) is 11.6 Å². The molecule has 0 aliphatic heterocycles. The maximum absolute atomic E-state index is 9.58. The summed E-state index contributed by atoms with van der Waals surface area (Å²) in [6, 6.07) is 1.87. The molecular weight excluding hydrogens is 253 g/mol. The summed E-state index contributed by atoms with van der Waals surface area (Å²) in [5, 5.41) is 10.0. The molecule has 1 aromatic heterocycles. The minimum Gasteiger partial charge on any atom is -0.390 e. The third-order valence-electron chi connectivity index (χ3n) is 1.50. The Morgan fingerprint density at radius 1 is 1.62 bits per heavy atom. The van der Waals surface area contributed by atoms with Gasteiger partial charge in [0.15, 0.2) is 0 Å². The van der Waals surface area contributed by atoms with Crippen LogP contribution in [0.15, 0.2) is 16.7 Å². The third kappa shape index (κ3) is 3.63. The van der Waals surface area contributed by atoms with Gasteiger partial charge in [-0.05, 0) is 41.4 Å². The van der Waals surface area contributed by atoms with Gasteiger partial charge >= 0.3 is 0 Å². The predicted octanol–water partition coefficient (Wildman–Crippen LogP) is 2.81. The molecule has 0 spiro atoms.